The van der Waals surface area contributed by atoms with Crippen molar-refractivity contribution in [2.75, 3.05) is 13.1 Å². The highest BCUT2D eigenvalue weighted by Crippen LogP contribution is 2.31. The van der Waals surface area contributed by atoms with Crippen molar-refractivity contribution in [1.82, 2.24) is 24.8 Å². The fraction of sp³-hybridized carbons (Fsp3) is 0.529. The minimum atomic E-state index is 0.0304. The van der Waals surface area contributed by atoms with Gasteiger partial charge in [-0.05, 0) is 19.8 Å². The molecular formula is C17H23N5O. The SMILES string of the molecule is Cc1cnc(-c2nccnc2[C@@H]2CCCN(C(=O)C(C)C)C2)[nH]1. The summed E-state index contributed by atoms with van der Waals surface area (Å²) in [6, 6.07) is 0. The molecule has 2 aromatic rings. The first kappa shape index (κ1) is 15.6. The topological polar surface area (TPSA) is 74.8 Å². The molecule has 6 heteroatoms. The third-order valence-electron chi connectivity index (χ3n) is 4.27. The molecule has 1 amide bonds. The van der Waals surface area contributed by atoms with Crippen molar-refractivity contribution in [3.05, 3.63) is 30.0 Å². The molecule has 6 nitrogen and oxygen atoms in total. The van der Waals surface area contributed by atoms with Gasteiger partial charge in [0.05, 0.1) is 5.69 Å². The number of hydrogen-bond donors (Lipinski definition) is 1. The Morgan fingerprint density at radius 1 is 1.30 bits per heavy atom. The second kappa shape index (κ2) is 6.48. The number of carbonyl (C=O) groups excluding carboxylic acids is 1. The first-order valence-electron chi connectivity index (χ1n) is 8.18. The van der Waals surface area contributed by atoms with E-state index >= 15 is 0 Å². The number of amides is 1. The normalized spacial score (nSPS) is 18.4. The summed E-state index contributed by atoms with van der Waals surface area (Å²) in [4.78, 5) is 30.9. The quantitative estimate of drug-likeness (QED) is 0.945. The Morgan fingerprint density at radius 3 is 2.78 bits per heavy atom. The molecule has 1 saturated heterocycles. The molecule has 0 saturated carbocycles. The van der Waals surface area contributed by atoms with E-state index in [0.29, 0.717) is 6.54 Å². The highest BCUT2D eigenvalue weighted by Gasteiger charge is 2.29. The fourth-order valence-electron chi connectivity index (χ4n) is 3.13. The average Bonchev–Trinajstić information content (AvgIpc) is 3.00. The number of imidazole rings is 1. The molecule has 1 atom stereocenters. The van der Waals surface area contributed by atoms with Crippen LogP contribution in [0.5, 0.6) is 0 Å². The molecule has 1 N–H and O–H groups in total. The number of piperidine rings is 1. The molecule has 3 heterocycles. The smallest absolute Gasteiger partial charge is 0.225 e. The summed E-state index contributed by atoms with van der Waals surface area (Å²) in [6.45, 7) is 7.41. The molecule has 0 radical (unpaired) electrons. The minimum Gasteiger partial charge on any atom is -0.342 e. The molecular weight excluding hydrogens is 290 g/mol. The Kier molecular flexibility index (Phi) is 4.41. The van der Waals surface area contributed by atoms with Gasteiger partial charge in [0.1, 0.15) is 5.69 Å². The summed E-state index contributed by atoms with van der Waals surface area (Å²) in [7, 11) is 0. The standard InChI is InChI=1S/C17H23N5O/c1-11(2)17(23)22-8-4-5-13(10-22)14-15(19-7-6-18-14)16-20-9-12(3)21-16/h6-7,9,11,13H,4-5,8,10H2,1-3H3,(H,20,21)/t13-/m1/s1. The van der Waals surface area contributed by atoms with Crippen molar-refractivity contribution in [1.29, 1.82) is 0 Å². The molecule has 1 aliphatic heterocycles. The lowest BCUT2D eigenvalue weighted by molar-refractivity contribution is -0.135. The number of aromatic amines is 1. The third-order valence-corrected chi connectivity index (χ3v) is 4.27. The van der Waals surface area contributed by atoms with E-state index in [1.807, 2.05) is 25.7 Å². The fourth-order valence-corrected chi connectivity index (χ4v) is 3.13. The summed E-state index contributed by atoms with van der Waals surface area (Å²) < 4.78 is 0. The van der Waals surface area contributed by atoms with Crippen LogP contribution >= 0.6 is 0 Å². The molecule has 0 unspecified atom stereocenters. The van der Waals surface area contributed by atoms with Gasteiger partial charge in [0.25, 0.3) is 0 Å². The lowest BCUT2D eigenvalue weighted by Crippen LogP contribution is -2.41. The summed E-state index contributed by atoms with van der Waals surface area (Å²) in [5, 5.41) is 0. The first-order valence-corrected chi connectivity index (χ1v) is 8.18. The van der Waals surface area contributed by atoms with E-state index in [1.54, 1.807) is 18.6 Å². The van der Waals surface area contributed by atoms with Gasteiger partial charge in [0, 0.05) is 49.2 Å². The highest BCUT2D eigenvalue weighted by molar-refractivity contribution is 5.78. The Hall–Kier alpha value is -2.24. The van der Waals surface area contributed by atoms with E-state index in [9.17, 15) is 4.79 Å². The van der Waals surface area contributed by atoms with Crippen molar-refractivity contribution in [2.45, 2.75) is 39.5 Å². The number of nitrogens with one attached hydrogen (secondary N) is 1. The highest BCUT2D eigenvalue weighted by atomic mass is 16.2. The van der Waals surface area contributed by atoms with Gasteiger partial charge in [0.15, 0.2) is 5.82 Å². The van der Waals surface area contributed by atoms with Crippen LogP contribution in [0.3, 0.4) is 0 Å². The molecule has 3 rings (SSSR count). The van der Waals surface area contributed by atoms with Crippen molar-refractivity contribution >= 4 is 5.91 Å². The molecule has 122 valence electrons. The lowest BCUT2D eigenvalue weighted by atomic mass is 9.92. The summed E-state index contributed by atoms with van der Waals surface area (Å²) in [5.41, 5.74) is 2.73. The molecule has 1 fully saturated rings. The average molecular weight is 313 g/mol. The number of rotatable bonds is 3. The minimum absolute atomic E-state index is 0.0304. The summed E-state index contributed by atoms with van der Waals surface area (Å²) >= 11 is 0. The number of hydrogen-bond acceptors (Lipinski definition) is 4. The van der Waals surface area contributed by atoms with Crippen LogP contribution in [0.2, 0.25) is 0 Å². The van der Waals surface area contributed by atoms with Gasteiger partial charge < -0.3 is 9.88 Å². The van der Waals surface area contributed by atoms with E-state index in [1.165, 1.54) is 0 Å². The first-order chi connectivity index (χ1) is 11.1. The van der Waals surface area contributed by atoms with E-state index in [4.69, 9.17) is 0 Å². The molecule has 0 spiro atoms. The second-order valence-corrected chi connectivity index (χ2v) is 6.48. The van der Waals surface area contributed by atoms with Gasteiger partial charge >= 0.3 is 0 Å². The largest absolute Gasteiger partial charge is 0.342 e. The number of likely N-dealkylation sites (tertiary alicyclic amines) is 1. The number of carbonyl (C=O) groups is 1. The van der Waals surface area contributed by atoms with Gasteiger partial charge in [-0.1, -0.05) is 13.8 Å². The van der Waals surface area contributed by atoms with Gasteiger partial charge in [-0.2, -0.15) is 0 Å². The van der Waals surface area contributed by atoms with Crippen LogP contribution < -0.4 is 0 Å². The van der Waals surface area contributed by atoms with Crippen LogP contribution in [0.4, 0.5) is 0 Å². The number of aromatic nitrogens is 4. The van der Waals surface area contributed by atoms with Crippen LogP contribution in [-0.4, -0.2) is 43.8 Å². The Morgan fingerprint density at radius 2 is 2.09 bits per heavy atom. The zero-order chi connectivity index (χ0) is 16.4. The maximum absolute atomic E-state index is 12.3. The maximum atomic E-state index is 12.3. The Bertz CT molecular complexity index is 694. The van der Waals surface area contributed by atoms with Crippen molar-refractivity contribution in [3.63, 3.8) is 0 Å². The lowest BCUT2D eigenvalue weighted by Gasteiger charge is -2.34. The van der Waals surface area contributed by atoms with Crippen LogP contribution in [0, 0.1) is 12.8 Å². The van der Waals surface area contributed by atoms with Crippen molar-refractivity contribution < 1.29 is 4.79 Å². The molecule has 2 aromatic heterocycles. The number of H-pyrrole nitrogens is 1. The molecule has 0 bridgehead atoms. The van der Waals surface area contributed by atoms with E-state index in [-0.39, 0.29) is 17.7 Å². The number of nitrogens with zero attached hydrogens (tertiary/aromatic N) is 4. The van der Waals surface area contributed by atoms with Crippen LogP contribution in [0.15, 0.2) is 18.6 Å². The van der Waals surface area contributed by atoms with Crippen molar-refractivity contribution in [3.8, 4) is 11.5 Å². The zero-order valence-corrected chi connectivity index (χ0v) is 13.9. The molecule has 1 aliphatic rings. The van der Waals surface area contributed by atoms with Gasteiger partial charge in [0.2, 0.25) is 5.91 Å². The predicted molar refractivity (Wildman–Crippen MR) is 87.7 cm³/mol. The van der Waals surface area contributed by atoms with E-state index in [2.05, 4.69) is 19.9 Å². The summed E-state index contributed by atoms with van der Waals surface area (Å²) in [5.74, 6) is 1.20. The third kappa shape index (κ3) is 3.25. The van der Waals surface area contributed by atoms with Gasteiger partial charge in [-0.3, -0.25) is 9.78 Å². The van der Waals surface area contributed by atoms with Crippen LogP contribution in [0.1, 0.15) is 44.0 Å². The zero-order valence-electron chi connectivity index (χ0n) is 13.9. The predicted octanol–water partition coefficient (Wildman–Crippen LogP) is 2.54. The number of aryl methyl sites for hydroxylation is 1. The van der Waals surface area contributed by atoms with Crippen LogP contribution in [-0.2, 0) is 4.79 Å². The van der Waals surface area contributed by atoms with Crippen LogP contribution in [0.25, 0.3) is 11.5 Å². The maximum Gasteiger partial charge on any atom is 0.225 e. The second-order valence-electron chi connectivity index (χ2n) is 6.48. The molecule has 0 aliphatic carbocycles. The van der Waals surface area contributed by atoms with Crippen molar-refractivity contribution in [2.24, 2.45) is 5.92 Å². The van der Waals surface area contributed by atoms with E-state index < -0.39 is 0 Å². The van der Waals surface area contributed by atoms with Gasteiger partial charge in [-0.15, -0.1) is 0 Å². The Labute approximate surface area is 136 Å². The summed E-state index contributed by atoms with van der Waals surface area (Å²) in [6.07, 6.45) is 7.22. The van der Waals surface area contributed by atoms with E-state index in [0.717, 1.165) is 42.3 Å². The molecule has 23 heavy (non-hydrogen) atoms. The van der Waals surface area contributed by atoms with Gasteiger partial charge in [-0.25, -0.2) is 9.97 Å². The Balaban J connectivity index is 1.88. The molecule has 0 aromatic carbocycles. The monoisotopic (exact) mass is 313 g/mol.